The molecule has 0 bridgehead atoms. The molecule has 5 nitrogen and oxygen atoms in total. The molecular weight excluding hydrogens is 368 g/mol. The average Bonchev–Trinajstić information content (AvgIpc) is 2.95. The van der Waals surface area contributed by atoms with Crippen LogP contribution in [0.1, 0.15) is 83.1 Å². The minimum absolute atomic E-state index is 0.169. The van der Waals surface area contributed by atoms with Crippen LogP contribution < -0.4 is 5.63 Å². The largest absolute Gasteiger partial charge is 0.431 e. The lowest BCUT2D eigenvalue weighted by atomic mass is 9.42. The van der Waals surface area contributed by atoms with E-state index in [1.807, 2.05) is 6.07 Å². The first-order chi connectivity index (χ1) is 13.6. The lowest BCUT2D eigenvalue weighted by Gasteiger charge is -2.66. The maximum atomic E-state index is 12.2. The molecule has 1 heterocycles. The van der Waals surface area contributed by atoms with Gasteiger partial charge in [-0.05, 0) is 86.2 Å². The van der Waals surface area contributed by atoms with E-state index in [4.69, 9.17) is 4.42 Å². The second-order valence-electron chi connectivity index (χ2n) is 11.0. The molecule has 4 saturated carbocycles. The van der Waals surface area contributed by atoms with E-state index >= 15 is 0 Å². The van der Waals surface area contributed by atoms with Crippen LogP contribution in [0.3, 0.4) is 0 Å². The Balaban J connectivity index is 1.50. The molecule has 160 valence electrons. The number of aliphatic hydroxyl groups excluding tert-OH is 1. The molecule has 3 N–H and O–H groups in total. The highest BCUT2D eigenvalue weighted by atomic mass is 16.4. The zero-order chi connectivity index (χ0) is 20.7. The SMILES string of the molecule is C[C@@]12CC[C@H](O)C[C@@]1(O)CC[C@@H]1[C@@H]2CC[C@]2(C)[C@@H](c3ccc(=O)oc3)CC[C@]12O. The zero-order valence-corrected chi connectivity index (χ0v) is 17.6. The number of hydrogen-bond acceptors (Lipinski definition) is 5. The Hall–Kier alpha value is -1.17. The van der Waals surface area contributed by atoms with Crippen LogP contribution in [0.4, 0.5) is 0 Å². The fourth-order valence-electron chi connectivity index (χ4n) is 8.30. The van der Waals surface area contributed by atoms with Crippen molar-refractivity contribution in [3.63, 3.8) is 0 Å². The van der Waals surface area contributed by atoms with Crippen molar-refractivity contribution >= 4 is 0 Å². The van der Waals surface area contributed by atoms with E-state index in [2.05, 4.69) is 13.8 Å². The summed E-state index contributed by atoms with van der Waals surface area (Å²) in [6.45, 7) is 4.43. The Labute approximate surface area is 172 Å². The van der Waals surface area contributed by atoms with E-state index in [1.54, 1.807) is 6.26 Å². The molecule has 0 aliphatic heterocycles. The van der Waals surface area contributed by atoms with Gasteiger partial charge in [-0.1, -0.05) is 13.8 Å². The van der Waals surface area contributed by atoms with Gasteiger partial charge in [0, 0.05) is 17.9 Å². The lowest BCUT2D eigenvalue weighted by Crippen LogP contribution is -2.67. The van der Waals surface area contributed by atoms with Crippen molar-refractivity contribution in [2.45, 2.75) is 94.9 Å². The summed E-state index contributed by atoms with van der Waals surface area (Å²) in [4.78, 5) is 11.4. The van der Waals surface area contributed by atoms with E-state index in [1.165, 1.54) is 6.07 Å². The van der Waals surface area contributed by atoms with Crippen molar-refractivity contribution in [2.75, 3.05) is 0 Å². The summed E-state index contributed by atoms with van der Waals surface area (Å²) in [6, 6.07) is 3.35. The van der Waals surface area contributed by atoms with Crippen molar-refractivity contribution in [3.05, 3.63) is 34.4 Å². The predicted octanol–water partition coefficient (Wildman–Crippen LogP) is 3.36. The van der Waals surface area contributed by atoms with Crippen molar-refractivity contribution in [2.24, 2.45) is 22.7 Å². The highest BCUT2D eigenvalue weighted by Crippen LogP contribution is 2.71. The van der Waals surface area contributed by atoms with E-state index < -0.39 is 17.3 Å². The summed E-state index contributed by atoms with van der Waals surface area (Å²) < 4.78 is 5.15. The molecule has 0 radical (unpaired) electrons. The van der Waals surface area contributed by atoms with Gasteiger partial charge in [0.05, 0.1) is 23.6 Å². The summed E-state index contributed by atoms with van der Waals surface area (Å²) in [5.74, 6) is 0.626. The summed E-state index contributed by atoms with van der Waals surface area (Å²) in [6.07, 6.45) is 8.22. The fraction of sp³-hybridized carbons (Fsp3) is 0.792. The van der Waals surface area contributed by atoms with E-state index in [9.17, 15) is 20.1 Å². The van der Waals surface area contributed by atoms with Crippen molar-refractivity contribution in [3.8, 4) is 0 Å². The molecular formula is C24H34O5. The van der Waals surface area contributed by atoms with Crippen molar-refractivity contribution < 1.29 is 19.7 Å². The molecule has 5 heteroatoms. The minimum Gasteiger partial charge on any atom is -0.431 e. The Kier molecular flexibility index (Phi) is 4.21. The minimum atomic E-state index is -0.823. The molecule has 0 spiro atoms. The number of aliphatic hydroxyl groups is 3. The van der Waals surface area contributed by atoms with Gasteiger partial charge in [0.15, 0.2) is 0 Å². The molecule has 0 amide bonds. The molecule has 4 fully saturated rings. The standard InChI is InChI=1S/C24H34O5/c1-21-9-5-16(25)13-23(21,27)11-7-19-18(21)6-10-22(2)17(8-12-24(19,22)28)15-3-4-20(26)29-14-15/h3-4,14,16-19,25,27-28H,5-13H2,1-2H3/t16-,17+,18-,19+,21-,22+,23-,24-/m0/s1. The van der Waals surface area contributed by atoms with Gasteiger partial charge in [-0.15, -0.1) is 0 Å². The smallest absolute Gasteiger partial charge is 0.335 e. The van der Waals surface area contributed by atoms with Gasteiger partial charge < -0.3 is 19.7 Å². The van der Waals surface area contributed by atoms with Crippen LogP contribution in [-0.4, -0.2) is 32.6 Å². The second kappa shape index (κ2) is 6.18. The summed E-state index contributed by atoms with van der Waals surface area (Å²) in [7, 11) is 0. The quantitative estimate of drug-likeness (QED) is 0.670. The third-order valence-electron chi connectivity index (χ3n) is 10.1. The Morgan fingerprint density at radius 1 is 0.931 bits per heavy atom. The van der Waals surface area contributed by atoms with Gasteiger partial charge >= 0.3 is 5.63 Å². The fourth-order valence-corrected chi connectivity index (χ4v) is 8.30. The normalized spacial score (nSPS) is 51.8. The van der Waals surface area contributed by atoms with Crippen LogP contribution >= 0.6 is 0 Å². The van der Waals surface area contributed by atoms with Crippen molar-refractivity contribution in [1.29, 1.82) is 0 Å². The average molecular weight is 403 g/mol. The Bertz CT molecular complexity index is 845. The summed E-state index contributed by atoms with van der Waals surface area (Å²) in [5.41, 5.74) is -1.41. The van der Waals surface area contributed by atoms with Crippen LogP contribution in [0.15, 0.2) is 27.6 Å². The molecule has 1 aromatic rings. The molecule has 4 aliphatic rings. The number of hydrogen-bond donors (Lipinski definition) is 3. The van der Waals surface area contributed by atoms with Crippen LogP contribution in [-0.2, 0) is 0 Å². The number of fused-ring (bicyclic) bond motifs is 5. The van der Waals surface area contributed by atoms with E-state index in [0.717, 1.165) is 50.5 Å². The zero-order valence-electron chi connectivity index (χ0n) is 17.6. The third-order valence-corrected chi connectivity index (χ3v) is 10.1. The van der Waals surface area contributed by atoms with Gasteiger partial charge in [0.2, 0.25) is 0 Å². The third kappa shape index (κ3) is 2.47. The predicted molar refractivity (Wildman–Crippen MR) is 108 cm³/mol. The Morgan fingerprint density at radius 3 is 2.38 bits per heavy atom. The molecule has 4 aliphatic carbocycles. The maximum Gasteiger partial charge on any atom is 0.335 e. The molecule has 29 heavy (non-hydrogen) atoms. The number of rotatable bonds is 1. The van der Waals surface area contributed by atoms with Crippen LogP contribution in [0.25, 0.3) is 0 Å². The molecule has 5 rings (SSSR count). The molecule has 8 atom stereocenters. The molecule has 0 aromatic carbocycles. The van der Waals surface area contributed by atoms with Crippen LogP contribution in [0.5, 0.6) is 0 Å². The molecule has 0 saturated heterocycles. The monoisotopic (exact) mass is 402 g/mol. The van der Waals surface area contributed by atoms with E-state index in [-0.39, 0.29) is 34.2 Å². The van der Waals surface area contributed by atoms with Gasteiger partial charge in [-0.3, -0.25) is 0 Å². The first-order valence-corrected chi connectivity index (χ1v) is 11.3. The van der Waals surface area contributed by atoms with Gasteiger partial charge in [0.25, 0.3) is 0 Å². The second-order valence-corrected chi connectivity index (χ2v) is 11.0. The highest BCUT2D eigenvalue weighted by Gasteiger charge is 2.69. The highest BCUT2D eigenvalue weighted by molar-refractivity contribution is 5.27. The summed E-state index contributed by atoms with van der Waals surface area (Å²) >= 11 is 0. The molecule has 1 aromatic heterocycles. The van der Waals surface area contributed by atoms with Crippen LogP contribution in [0, 0.1) is 22.7 Å². The van der Waals surface area contributed by atoms with Crippen LogP contribution in [0.2, 0.25) is 0 Å². The van der Waals surface area contributed by atoms with Gasteiger partial charge in [-0.2, -0.15) is 0 Å². The topological polar surface area (TPSA) is 90.9 Å². The maximum absolute atomic E-state index is 12.2. The summed E-state index contributed by atoms with van der Waals surface area (Å²) in [5, 5.41) is 33.9. The Morgan fingerprint density at radius 2 is 1.66 bits per heavy atom. The lowest BCUT2D eigenvalue weighted by molar-refractivity contribution is -0.253. The van der Waals surface area contributed by atoms with Gasteiger partial charge in [-0.25, -0.2) is 4.79 Å². The first kappa shape index (κ1) is 19.8. The molecule has 0 unspecified atom stereocenters. The van der Waals surface area contributed by atoms with E-state index in [0.29, 0.717) is 12.8 Å². The van der Waals surface area contributed by atoms with Gasteiger partial charge in [0.1, 0.15) is 0 Å². The van der Waals surface area contributed by atoms with Crippen molar-refractivity contribution in [1.82, 2.24) is 0 Å². The first-order valence-electron chi connectivity index (χ1n) is 11.3.